The van der Waals surface area contributed by atoms with Crippen molar-refractivity contribution in [3.05, 3.63) is 64.7 Å². The van der Waals surface area contributed by atoms with Crippen LogP contribution < -0.4 is 19.5 Å². The number of rotatable bonds is 9. The summed E-state index contributed by atoms with van der Waals surface area (Å²) in [6.45, 7) is 0.624. The number of thioether (sulfide) groups is 1. The van der Waals surface area contributed by atoms with Crippen LogP contribution in [0.15, 0.2) is 52.2 Å². The molecule has 0 saturated carbocycles. The number of amides is 1. The number of aromatic nitrogens is 1. The number of Topliss-reactive ketones (excluding diaryl/α,β-unsaturated/α-hetero) is 1. The summed E-state index contributed by atoms with van der Waals surface area (Å²) in [5, 5.41) is 4.73. The van der Waals surface area contributed by atoms with E-state index in [0.29, 0.717) is 35.1 Å². The predicted octanol–water partition coefficient (Wildman–Crippen LogP) is 3.71. The molecule has 31 heavy (non-hydrogen) atoms. The fourth-order valence-electron chi connectivity index (χ4n) is 2.90. The molecule has 0 saturated heterocycles. The maximum atomic E-state index is 12.3. The second-order valence-electron chi connectivity index (χ2n) is 6.69. The lowest BCUT2D eigenvalue weighted by Gasteiger charge is -2.05. The van der Waals surface area contributed by atoms with Crippen molar-refractivity contribution in [3.63, 3.8) is 0 Å². The van der Waals surface area contributed by atoms with Crippen LogP contribution in [-0.2, 0) is 17.8 Å². The molecular formula is C22H20N2O5S2. The van der Waals surface area contributed by atoms with Crippen molar-refractivity contribution in [1.82, 2.24) is 10.3 Å². The molecule has 0 unspecified atom stereocenters. The van der Waals surface area contributed by atoms with Gasteiger partial charge < -0.3 is 19.5 Å². The van der Waals surface area contributed by atoms with Crippen molar-refractivity contribution in [2.75, 3.05) is 19.7 Å². The highest BCUT2D eigenvalue weighted by Gasteiger charge is 2.14. The van der Waals surface area contributed by atoms with Gasteiger partial charge in [-0.2, -0.15) is 0 Å². The molecule has 1 aromatic heterocycles. The molecule has 3 aromatic rings. The summed E-state index contributed by atoms with van der Waals surface area (Å²) < 4.78 is 16.5. The summed E-state index contributed by atoms with van der Waals surface area (Å²) >= 11 is 2.80. The van der Waals surface area contributed by atoms with E-state index in [1.54, 1.807) is 31.4 Å². The maximum Gasteiger partial charge on any atom is 0.231 e. The Balaban J connectivity index is 1.23. The normalized spacial score (nSPS) is 11.9. The fraction of sp³-hybridized carbons (Fsp3) is 0.227. The summed E-state index contributed by atoms with van der Waals surface area (Å²) in [6.07, 6.45) is 0.189. The number of hydrogen-bond donors (Lipinski definition) is 1. The Morgan fingerprint density at radius 2 is 1.97 bits per heavy atom. The second kappa shape index (κ2) is 9.84. The molecule has 0 fully saturated rings. The first-order valence-electron chi connectivity index (χ1n) is 9.50. The fourth-order valence-corrected chi connectivity index (χ4v) is 4.64. The van der Waals surface area contributed by atoms with Crippen LogP contribution in [0.4, 0.5) is 0 Å². The van der Waals surface area contributed by atoms with Gasteiger partial charge in [0.2, 0.25) is 12.7 Å². The third kappa shape index (κ3) is 5.56. The molecule has 0 bridgehead atoms. The number of methoxy groups -OCH3 is 1. The van der Waals surface area contributed by atoms with Crippen LogP contribution in [0.3, 0.4) is 0 Å². The van der Waals surface area contributed by atoms with Gasteiger partial charge >= 0.3 is 0 Å². The van der Waals surface area contributed by atoms with Crippen LogP contribution >= 0.6 is 23.1 Å². The van der Waals surface area contributed by atoms with Crippen LogP contribution in [0.25, 0.3) is 0 Å². The third-order valence-corrected chi connectivity index (χ3v) is 6.61. The van der Waals surface area contributed by atoms with Crippen LogP contribution in [0, 0.1) is 0 Å². The molecule has 1 N–H and O–H groups in total. The predicted molar refractivity (Wildman–Crippen MR) is 118 cm³/mol. The van der Waals surface area contributed by atoms with Crippen molar-refractivity contribution >= 4 is 34.8 Å². The zero-order valence-electron chi connectivity index (χ0n) is 16.8. The van der Waals surface area contributed by atoms with Gasteiger partial charge in [-0.05, 0) is 42.0 Å². The van der Waals surface area contributed by atoms with Gasteiger partial charge in [0.15, 0.2) is 21.6 Å². The van der Waals surface area contributed by atoms with E-state index in [-0.39, 0.29) is 30.7 Å². The Bertz CT molecular complexity index is 1080. The molecular weight excluding hydrogens is 436 g/mol. The van der Waals surface area contributed by atoms with Crippen molar-refractivity contribution in [2.45, 2.75) is 17.3 Å². The molecule has 1 amide bonds. The van der Waals surface area contributed by atoms with Crippen LogP contribution in [0.2, 0.25) is 0 Å². The molecule has 2 heterocycles. The van der Waals surface area contributed by atoms with E-state index in [1.807, 2.05) is 23.6 Å². The first kappa shape index (κ1) is 21.2. The number of nitrogens with zero attached hydrogens (tertiary/aromatic N) is 1. The Morgan fingerprint density at radius 1 is 1.16 bits per heavy atom. The van der Waals surface area contributed by atoms with Crippen LogP contribution in [0.5, 0.6) is 17.2 Å². The Labute approximate surface area is 187 Å². The maximum absolute atomic E-state index is 12.3. The first-order valence-corrected chi connectivity index (χ1v) is 11.4. The largest absolute Gasteiger partial charge is 0.497 e. The zero-order valence-corrected chi connectivity index (χ0v) is 18.4. The molecule has 0 spiro atoms. The summed E-state index contributed by atoms with van der Waals surface area (Å²) in [4.78, 5) is 29.0. The van der Waals surface area contributed by atoms with Crippen LogP contribution in [-0.4, -0.2) is 36.3 Å². The van der Waals surface area contributed by atoms with E-state index in [9.17, 15) is 9.59 Å². The SMILES string of the molecule is COc1ccc(C(=O)CSc2nc(CC(=O)NCc3ccc4c(c3)OCO4)cs2)cc1. The molecule has 0 aliphatic carbocycles. The quantitative estimate of drug-likeness (QED) is 0.388. The average molecular weight is 457 g/mol. The first-order chi connectivity index (χ1) is 15.1. The van der Waals surface area contributed by atoms with Gasteiger partial charge in [0.05, 0.1) is 25.0 Å². The van der Waals surface area contributed by atoms with E-state index < -0.39 is 0 Å². The summed E-state index contributed by atoms with van der Waals surface area (Å²) in [5.41, 5.74) is 2.25. The van der Waals surface area contributed by atoms with E-state index in [2.05, 4.69) is 10.3 Å². The van der Waals surface area contributed by atoms with E-state index in [0.717, 1.165) is 9.90 Å². The van der Waals surface area contributed by atoms with Crippen molar-refractivity contribution in [1.29, 1.82) is 0 Å². The topological polar surface area (TPSA) is 86.8 Å². The number of benzene rings is 2. The highest BCUT2D eigenvalue weighted by molar-refractivity contribution is 8.01. The third-order valence-electron chi connectivity index (χ3n) is 4.54. The van der Waals surface area contributed by atoms with Gasteiger partial charge in [0.25, 0.3) is 0 Å². The lowest BCUT2D eigenvalue weighted by molar-refractivity contribution is -0.120. The second-order valence-corrected chi connectivity index (χ2v) is 8.77. The molecule has 1 aliphatic rings. The summed E-state index contributed by atoms with van der Waals surface area (Å²) in [5.74, 6) is 2.31. The molecule has 2 aromatic carbocycles. The number of nitrogens with one attached hydrogen (secondary N) is 1. The van der Waals surface area contributed by atoms with Crippen LogP contribution in [0.1, 0.15) is 21.6 Å². The van der Waals surface area contributed by atoms with E-state index >= 15 is 0 Å². The molecule has 4 rings (SSSR count). The number of carbonyl (C=O) groups excluding carboxylic acids is 2. The van der Waals surface area contributed by atoms with Gasteiger partial charge in [0, 0.05) is 17.5 Å². The van der Waals surface area contributed by atoms with Gasteiger partial charge in [-0.1, -0.05) is 17.8 Å². The van der Waals surface area contributed by atoms with Gasteiger partial charge in [-0.25, -0.2) is 4.98 Å². The Morgan fingerprint density at radius 3 is 2.77 bits per heavy atom. The van der Waals surface area contributed by atoms with Crippen molar-refractivity contribution in [2.24, 2.45) is 0 Å². The minimum Gasteiger partial charge on any atom is -0.497 e. The minimum absolute atomic E-state index is 0.0193. The van der Waals surface area contributed by atoms with Crippen molar-refractivity contribution < 1.29 is 23.8 Å². The molecule has 0 radical (unpaired) electrons. The lowest BCUT2D eigenvalue weighted by atomic mass is 10.1. The molecule has 9 heteroatoms. The average Bonchev–Trinajstić information content (AvgIpc) is 3.45. The highest BCUT2D eigenvalue weighted by atomic mass is 32.2. The van der Waals surface area contributed by atoms with Crippen molar-refractivity contribution in [3.8, 4) is 17.2 Å². The van der Waals surface area contributed by atoms with Gasteiger partial charge in [-0.3, -0.25) is 9.59 Å². The number of hydrogen-bond acceptors (Lipinski definition) is 8. The van der Waals surface area contributed by atoms with E-state index in [1.165, 1.54) is 23.1 Å². The smallest absolute Gasteiger partial charge is 0.231 e. The number of ether oxygens (including phenoxy) is 3. The lowest BCUT2D eigenvalue weighted by Crippen LogP contribution is -2.24. The molecule has 7 nitrogen and oxygen atoms in total. The summed E-state index contributed by atoms with van der Waals surface area (Å²) in [7, 11) is 1.59. The highest BCUT2D eigenvalue weighted by Crippen LogP contribution is 2.32. The number of carbonyl (C=O) groups is 2. The van der Waals surface area contributed by atoms with E-state index in [4.69, 9.17) is 14.2 Å². The molecule has 160 valence electrons. The molecule has 0 atom stereocenters. The minimum atomic E-state index is -0.117. The Hall–Kier alpha value is -3.04. The Kier molecular flexibility index (Phi) is 6.73. The zero-order chi connectivity index (χ0) is 21.6. The number of ketones is 1. The van der Waals surface area contributed by atoms with Gasteiger partial charge in [-0.15, -0.1) is 11.3 Å². The number of fused-ring (bicyclic) bond motifs is 1. The van der Waals surface area contributed by atoms with Gasteiger partial charge in [0.1, 0.15) is 5.75 Å². The monoisotopic (exact) mass is 456 g/mol. The molecule has 1 aliphatic heterocycles. The summed E-state index contributed by atoms with van der Waals surface area (Å²) in [6, 6.07) is 12.6. The standard InChI is InChI=1S/C22H20N2O5S2/c1-27-17-5-3-15(4-6-17)18(25)12-31-22-24-16(11-30-22)9-21(26)23-10-14-2-7-19-20(8-14)29-13-28-19/h2-8,11H,9-10,12-13H2,1H3,(H,23,26). The number of thiazole rings is 1.